The van der Waals surface area contributed by atoms with Crippen LogP contribution in [0.4, 0.5) is 13.2 Å². The second kappa shape index (κ2) is 3.40. The Bertz CT molecular complexity index is 314. The molecule has 0 aliphatic rings. The highest BCUT2D eigenvalue weighted by Crippen LogP contribution is 2.24. The van der Waals surface area contributed by atoms with Crippen LogP contribution < -0.4 is 0 Å². The van der Waals surface area contributed by atoms with Gasteiger partial charge >= 0.3 is 0 Å². The van der Waals surface area contributed by atoms with Gasteiger partial charge in [-0.3, -0.25) is 0 Å². The molecule has 0 heterocycles. The minimum absolute atomic E-state index is 0.126. The molecular weight excluding hydrogens is 177 g/mol. The van der Waals surface area contributed by atoms with E-state index in [0.29, 0.717) is 6.42 Å². The molecule has 0 nitrogen and oxygen atoms in total. The summed E-state index contributed by atoms with van der Waals surface area (Å²) in [6.45, 7) is 4.36. The summed E-state index contributed by atoms with van der Waals surface area (Å²) in [5, 5.41) is 0. The first-order chi connectivity index (χ1) is 6.00. The Hall–Kier alpha value is -0.990. The van der Waals surface area contributed by atoms with Crippen LogP contribution in [0, 0.1) is 31.3 Å². The predicted molar refractivity (Wildman–Crippen MR) is 45.2 cm³/mol. The van der Waals surface area contributed by atoms with Gasteiger partial charge in [0.25, 0.3) is 0 Å². The Kier molecular flexibility index (Phi) is 2.64. The minimum atomic E-state index is -1.07. The average Bonchev–Trinajstić information content (AvgIpc) is 2.13. The highest BCUT2D eigenvalue weighted by molar-refractivity contribution is 5.34. The molecule has 72 valence electrons. The molecule has 0 amide bonds. The van der Waals surface area contributed by atoms with Gasteiger partial charge in [0.15, 0.2) is 11.6 Å². The lowest BCUT2D eigenvalue weighted by Crippen LogP contribution is -2.04. The molecule has 0 fully saturated rings. The maximum Gasteiger partial charge on any atom is 0.164 e. The van der Waals surface area contributed by atoms with Crippen molar-refractivity contribution in [2.24, 2.45) is 0 Å². The van der Waals surface area contributed by atoms with E-state index in [4.69, 9.17) is 0 Å². The van der Waals surface area contributed by atoms with Crippen LogP contribution in [0.15, 0.2) is 0 Å². The first kappa shape index (κ1) is 10.1. The molecule has 0 atom stereocenters. The van der Waals surface area contributed by atoms with Crippen LogP contribution in [0.5, 0.6) is 0 Å². The molecule has 0 aromatic heterocycles. The van der Waals surface area contributed by atoms with Crippen molar-refractivity contribution in [3.05, 3.63) is 34.1 Å². The number of hydrogen-bond acceptors (Lipinski definition) is 0. The topological polar surface area (TPSA) is 0 Å². The normalized spacial score (nSPS) is 10.6. The van der Waals surface area contributed by atoms with Gasteiger partial charge in [-0.25, -0.2) is 13.2 Å². The van der Waals surface area contributed by atoms with Crippen molar-refractivity contribution in [3.8, 4) is 0 Å². The lowest BCUT2D eigenvalue weighted by atomic mass is 10.0. The summed E-state index contributed by atoms with van der Waals surface area (Å²) in [5.74, 6) is -2.63. The first-order valence-electron chi connectivity index (χ1n) is 4.13. The van der Waals surface area contributed by atoms with E-state index < -0.39 is 17.5 Å². The zero-order valence-electron chi connectivity index (χ0n) is 7.84. The van der Waals surface area contributed by atoms with E-state index in [1.807, 2.05) is 0 Å². The molecule has 0 unspecified atom stereocenters. The largest absolute Gasteiger partial charge is 0.206 e. The standard InChI is InChI=1S/C10H11F3/c1-4-7-5(2)8(11)6(3)9(12)10(7)13/h4H2,1-3H3. The molecule has 0 radical (unpaired) electrons. The molecule has 0 aliphatic heterocycles. The van der Waals surface area contributed by atoms with Crippen LogP contribution >= 0.6 is 0 Å². The molecule has 0 spiro atoms. The molecule has 0 N–H and O–H groups in total. The molecular formula is C10H11F3. The summed E-state index contributed by atoms with van der Waals surface area (Å²) < 4.78 is 39.4. The van der Waals surface area contributed by atoms with Gasteiger partial charge < -0.3 is 0 Å². The summed E-state index contributed by atoms with van der Waals surface area (Å²) >= 11 is 0. The summed E-state index contributed by atoms with van der Waals surface area (Å²) in [7, 11) is 0. The average molecular weight is 188 g/mol. The molecule has 0 saturated carbocycles. The zero-order valence-corrected chi connectivity index (χ0v) is 7.84. The Morgan fingerprint density at radius 1 is 0.846 bits per heavy atom. The lowest BCUT2D eigenvalue weighted by Gasteiger charge is -2.09. The fraction of sp³-hybridized carbons (Fsp3) is 0.400. The van der Waals surface area contributed by atoms with Crippen LogP contribution in [0.1, 0.15) is 23.6 Å². The second-order valence-corrected chi connectivity index (χ2v) is 3.02. The first-order valence-corrected chi connectivity index (χ1v) is 4.13. The number of hydrogen-bond donors (Lipinski definition) is 0. The molecule has 1 aromatic rings. The fourth-order valence-electron chi connectivity index (χ4n) is 1.39. The third kappa shape index (κ3) is 1.43. The highest BCUT2D eigenvalue weighted by Gasteiger charge is 2.18. The monoisotopic (exact) mass is 188 g/mol. The molecule has 13 heavy (non-hydrogen) atoms. The van der Waals surface area contributed by atoms with E-state index in [1.54, 1.807) is 6.92 Å². The van der Waals surface area contributed by atoms with Crippen molar-refractivity contribution in [2.75, 3.05) is 0 Å². The molecule has 3 heteroatoms. The van der Waals surface area contributed by atoms with Crippen LogP contribution in [0.2, 0.25) is 0 Å². The van der Waals surface area contributed by atoms with Gasteiger partial charge in [-0.05, 0) is 31.4 Å². The molecule has 0 saturated heterocycles. The Balaban J connectivity index is 3.56. The fourth-order valence-corrected chi connectivity index (χ4v) is 1.39. The molecule has 1 aromatic carbocycles. The Morgan fingerprint density at radius 2 is 1.38 bits per heavy atom. The van der Waals surface area contributed by atoms with Crippen LogP contribution in [-0.4, -0.2) is 0 Å². The Morgan fingerprint density at radius 3 is 1.85 bits per heavy atom. The minimum Gasteiger partial charge on any atom is -0.206 e. The van der Waals surface area contributed by atoms with E-state index in [2.05, 4.69) is 0 Å². The number of halogens is 3. The SMILES string of the molecule is CCc1c(C)c(F)c(C)c(F)c1F. The van der Waals surface area contributed by atoms with Crippen molar-refractivity contribution in [3.63, 3.8) is 0 Å². The van der Waals surface area contributed by atoms with E-state index >= 15 is 0 Å². The van der Waals surface area contributed by atoms with Gasteiger partial charge in [0.1, 0.15) is 5.82 Å². The summed E-state index contributed by atoms with van der Waals surface area (Å²) in [4.78, 5) is 0. The van der Waals surface area contributed by atoms with Crippen molar-refractivity contribution >= 4 is 0 Å². The third-order valence-corrected chi connectivity index (χ3v) is 2.25. The van der Waals surface area contributed by atoms with Crippen molar-refractivity contribution in [2.45, 2.75) is 27.2 Å². The summed E-state index contributed by atoms with van der Waals surface area (Å²) in [5.41, 5.74) is 0.0895. The molecule has 0 aliphatic carbocycles. The molecule has 1 rings (SSSR count). The van der Waals surface area contributed by atoms with Crippen LogP contribution in [-0.2, 0) is 6.42 Å². The van der Waals surface area contributed by atoms with Gasteiger partial charge in [-0.1, -0.05) is 6.92 Å². The van der Waals surface area contributed by atoms with Gasteiger partial charge in [0.05, 0.1) is 0 Å². The zero-order chi connectivity index (χ0) is 10.2. The Labute approximate surface area is 75.4 Å². The summed E-state index contributed by atoms with van der Waals surface area (Å²) in [6, 6.07) is 0. The predicted octanol–water partition coefficient (Wildman–Crippen LogP) is 3.28. The second-order valence-electron chi connectivity index (χ2n) is 3.02. The lowest BCUT2D eigenvalue weighted by molar-refractivity contribution is 0.474. The number of rotatable bonds is 1. The van der Waals surface area contributed by atoms with E-state index in [-0.39, 0.29) is 16.7 Å². The van der Waals surface area contributed by atoms with E-state index in [1.165, 1.54) is 13.8 Å². The quantitative estimate of drug-likeness (QED) is 0.593. The number of benzene rings is 1. The van der Waals surface area contributed by atoms with Gasteiger partial charge in [0.2, 0.25) is 0 Å². The van der Waals surface area contributed by atoms with E-state index in [0.717, 1.165) is 0 Å². The summed E-state index contributed by atoms with van der Waals surface area (Å²) in [6.07, 6.45) is 0.297. The maximum absolute atomic E-state index is 13.2. The highest BCUT2D eigenvalue weighted by atomic mass is 19.2. The van der Waals surface area contributed by atoms with Gasteiger partial charge in [-0.2, -0.15) is 0 Å². The third-order valence-electron chi connectivity index (χ3n) is 2.25. The van der Waals surface area contributed by atoms with Crippen LogP contribution in [0.3, 0.4) is 0 Å². The van der Waals surface area contributed by atoms with Crippen LogP contribution in [0.25, 0.3) is 0 Å². The molecule has 0 bridgehead atoms. The van der Waals surface area contributed by atoms with Crippen molar-refractivity contribution < 1.29 is 13.2 Å². The van der Waals surface area contributed by atoms with E-state index in [9.17, 15) is 13.2 Å². The smallest absolute Gasteiger partial charge is 0.164 e. The van der Waals surface area contributed by atoms with Gasteiger partial charge in [-0.15, -0.1) is 0 Å². The van der Waals surface area contributed by atoms with Gasteiger partial charge in [0, 0.05) is 5.56 Å². The van der Waals surface area contributed by atoms with Crippen molar-refractivity contribution in [1.82, 2.24) is 0 Å². The van der Waals surface area contributed by atoms with Crippen molar-refractivity contribution in [1.29, 1.82) is 0 Å². The maximum atomic E-state index is 13.2.